The van der Waals surface area contributed by atoms with E-state index in [1.807, 2.05) is 60.7 Å². The van der Waals surface area contributed by atoms with Gasteiger partial charge in [0.25, 0.3) is 0 Å². The van der Waals surface area contributed by atoms with E-state index >= 15 is 0 Å². The second-order valence-electron chi connectivity index (χ2n) is 8.20. The van der Waals surface area contributed by atoms with Crippen LogP contribution in [0.4, 0.5) is 0 Å². The second-order valence-corrected chi connectivity index (χ2v) is 8.20. The number of aryl methyl sites for hydroxylation is 1. The molecule has 1 aliphatic rings. The Morgan fingerprint density at radius 2 is 1.61 bits per heavy atom. The van der Waals surface area contributed by atoms with Gasteiger partial charge < -0.3 is 4.57 Å². The van der Waals surface area contributed by atoms with Gasteiger partial charge in [0.2, 0.25) is 0 Å². The molecule has 0 unspecified atom stereocenters. The van der Waals surface area contributed by atoms with Gasteiger partial charge in [-0.3, -0.25) is 0 Å². The van der Waals surface area contributed by atoms with Crippen LogP contribution >= 0.6 is 0 Å². The lowest BCUT2D eigenvalue weighted by Crippen LogP contribution is -2.09. The standard InChI is InChI=1S/C29H26N4/c1-21-17-18-27-25(19-21)24-15-9-10-16-26(24)33(27)20-31-29(23-13-7-4-8-14-23)32-28(30-2)22-11-5-3-6-12-22/h3-9,11-15,17-19H,2,10,16,20H2,1H3/b31-29-,32-28?. The van der Waals surface area contributed by atoms with Crippen LogP contribution in [-0.2, 0) is 13.1 Å². The molecule has 4 heteroatoms. The Bertz CT molecular complexity index is 1390. The molecule has 0 bridgehead atoms. The molecule has 0 spiro atoms. The highest BCUT2D eigenvalue weighted by Gasteiger charge is 2.17. The molecule has 0 saturated carbocycles. The molecule has 1 aromatic heterocycles. The molecule has 162 valence electrons. The van der Waals surface area contributed by atoms with E-state index in [-0.39, 0.29) is 0 Å². The molecule has 4 nitrogen and oxygen atoms in total. The fourth-order valence-electron chi connectivity index (χ4n) is 4.38. The van der Waals surface area contributed by atoms with E-state index in [9.17, 15) is 0 Å². The van der Waals surface area contributed by atoms with Gasteiger partial charge in [-0.2, -0.15) is 0 Å². The fourth-order valence-corrected chi connectivity index (χ4v) is 4.38. The van der Waals surface area contributed by atoms with E-state index in [1.165, 1.54) is 27.7 Å². The molecule has 0 fully saturated rings. The number of allylic oxidation sites excluding steroid dienone is 1. The molecular formula is C29H26N4. The summed E-state index contributed by atoms with van der Waals surface area (Å²) in [7, 11) is 0. The van der Waals surface area contributed by atoms with Gasteiger partial charge in [0.1, 0.15) is 6.67 Å². The molecule has 33 heavy (non-hydrogen) atoms. The van der Waals surface area contributed by atoms with Crippen molar-refractivity contribution in [2.45, 2.75) is 26.4 Å². The first kappa shape index (κ1) is 20.8. The molecule has 0 amide bonds. The molecule has 0 N–H and O–H groups in total. The third-order valence-electron chi connectivity index (χ3n) is 5.99. The lowest BCUT2D eigenvalue weighted by Gasteiger charge is -2.12. The SMILES string of the molecule is C=NC(=N/C(=N\Cn1c2c(c3cc(C)ccc31)C=CCC2)c1ccccc1)c1ccccc1. The molecule has 0 radical (unpaired) electrons. The minimum atomic E-state index is 0.496. The first-order chi connectivity index (χ1) is 16.2. The minimum absolute atomic E-state index is 0.496. The number of amidine groups is 2. The Hall–Kier alpha value is -4.05. The summed E-state index contributed by atoms with van der Waals surface area (Å²) in [4.78, 5) is 14.1. The topological polar surface area (TPSA) is 42.0 Å². The average molecular weight is 431 g/mol. The van der Waals surface area contributed by atoms with Crippen LogP contribution in [0.15, 0.2) is 99.9 Å². The number of aliphatic imine (C=N–C) groups is 3. The smallest absolute Gasteiger partial charge is 0.161 e. The van der Waals surface area contributed by atoms with Crippen LogP contribution in [0.1, 0.15) is 34.4 Å². The van der Waals surface area contributed by atoms with Crippen molar-refractivity contribution >= 4 is 35.4 Å². The zero-order valence-electron chi connectivity index (χ0n) is 18.8. The lowest BCUT2D eigenvalue weighted by molar-refractivity contribution is 0.707. The van der Waals surface area contributed by atoms with Crippen molar-refractivity contribution in [3.63, 3.8) is 0 Å². The highest BCUT2D eigenvalue weighted by Crippen LogP contribution is 2.32. The van der Waals surface area contributed by atoms with Gasteiger partial charge in [-0.25, -0.2) is 15.0 Å². The highest BCUT2D eigenvalue weighted by atomic mass is 15.1. The van der Waals surface area contributed by atoms with Gasteiger partial charge in [-0.15, -0.1) is 0 Å². The summed E-state index contributed by atoms with van der Waals surface area (Å²) in [5.41, 5.74) is 7.00. The first-order valence-corrected chi connectivity index (χ1v) is 11.2. The third-order valence-corrected chi connectivity index (χ3v) is 5.99. The van der Waals surface area contributed by atoms with Crippen LogP contribution in [0.2, 0.25) is 0 Å². The third kappa shape index (κ3) is 4.20. The van der Waals surface area contributed by atoms with Crippen LogP contribution in [0.25, 0.3) is 17.0 Å². The van der Waals surface area contributed by atoms with E-state index < -0.39 is 0 Å². The number of hydrogen-bond donors (Lipinski definition) is 0. The number of hydrogen-bond acceptors (Lipinski definition) is 1. The van der Waals surface area contributed by atoms with Gasteiger partial charge in [0.05, 0.1) is 5.52 Å². The van der Waals surface area contributed by atoms with Gasteiger partial charge in [0, 0.05) is 27.8 Å². The number of benzene rings is 3. The largest absolute Gasteiger partial charge is 0.324 e. The summed E-state index contributed by atoms with van der Waals surface area (Å²) >= 11 is 0. The van der Waals surface area contributed by atoms with Crippen LogP contribution in [-0.4, -0.2) is 23.0 Å². The van der Waals surface area contributed by atoms with Crippen molar-refractivity contribution in [1.29, 1.82) is 0 Å². The van der Waals surface area contributed by atoms with Crippen LogP contribution in [0.3, 0.4) is 0 Å². The summed E-state index contributed by atoms with van der Waals surface area (Å²) in [6.45, 7) is 6.39. The second kappa shape index (κ2) is 9.21. The monoisotopic (exact) mass is 430 g/mol. The first-order valence-electron chi connectivity index (χ1n) is 11.2. The van der Waals surface area contributed by atoms with Crippen molar-refractivity contribution in [2.24, 2.45) is 15.0 Å². The van der Waals surface area contributed by atoms with E-state index in [2.05, 4.69) is 53.6 Å². The maximum atomic E-state index is 5.01. The fraction of sp³-hybridized carbons (Fsp3) is 0.138. The lowest BCUT2D eigenvalue weighted by atomic mass is 10.0. The summed E-state index contributed by atoms with van der Waals surface area (Å²) in [5, 5.41) is 1.29. The Morgan fingerprint density at radius 1 is 0.909 bits per heavy atom. The molecule has 0 aliphatic heterocycles. The molecule has 5 rings (SSSR count). The van der Waals surface area contributed by atoms with E-state index in [1.54, 1.807) is 0 Å². The molecule has 1 aliphatic carbocycles. The molecule has 0 saturated heterocycles. The van der Waals surface area contributed by atoms with Crippen molar-refractivity contribution in [3.8, 4) is 0 Å². The average Bonchev–Trinajstić information content (AvgIpc) is 3.18. The Kier molecular flexibility index (Phi) is 5.81. The molecule has 0 atom stereocenters. The van der Waals surface area contributed by atoms with Gasteiger partial charge >= 0.3 is 0 Å². The summed E-state index contributed by atoms with van der Waals surface area (Å²) in [5.74, 6) is 1.21. The maximum absolute atomic E-state index is 5.01. The quantitative estimate of drug-likeness (QED) is 0.263. The van der Waals surface area contributed by atoms with Crippen LogP contribution < -0.4 is 0 Å². The van der Waals surface area contributed by atoms with Gasteiger partial charge in [0.15, 0.2) is 11.7 Å². The van der Waals surface area contributed by atoms with Crippen molar-refractivity contribution in [3.05, 3.63) is 113 Å². The Morgan fingerprint density at radius 3 is 2.30 bits per heavy atom. The predicted molar refractivity (Wildman–Crippen MR) is 140 cm³/mol. The van der Waals surface area contributed by atoms with E-state index in [0.717, 1.165) is 24.0 Å². The Balaban J connectivity index is 1.62. The van der Waals surface area contributed by atoms with Gasteiger partial charge in [-0.1, -0.05) is 84.4 Å². The minimum Gasteiger partial charge on any atom is -0.324 e. The predicted octanol–water partition coefficient (Wildman–Crippen LogP) is 6.46. The molecule has 4 aromatic rings. The zero-order valence-corrected chi connectivity index (χ0v) is 18.8. The molecular weight excluding hydrogens is 404 g/mol. The highest BCUT2D eigenvalue weighted by molar-refractivity contribution is 6.12. The van der Waals surface area contributed by atoms with Crippen molar-refractivity contribution < 1.29 is 0 Å². The van der Waals surface area contributed by atoms with E-state index in [0.29, 0.717) is 18.3 Å². The summed E-state index contributed by atoms with van der Waals surface area (Å²) in [6.07, 6.45) is 6.59. The molecule has 1 heterocycles. The summed E-state index contributed by atoms with van der Waals surface area (Å²) in [6, 6.07) is 26.6. The van der Waals surface area contributed by atoms with Crippen molar-refractivity contribution in [1.82, 2.24) is 4.57 Å². The maximum Gasteiger partial charge on any atom is 0.161 e. The summed E-state index contributed by atoms with van der Waals surface area (Å²) < 4.78 is 2.33. The number of nitrogens with zero attached hydrogens (tertiary/aromatic N) is 4. The molecule has 3 aromatic carbocycles. The number of aromatic nitrogens is 1. The van der Waals surface area contributed by atoms with Gasteiger partial charge in [-0.05, 0) is 38.6 Å². The number of fused-ring (bicyclic) bond motifs is 3. The van der Waals surface area contributed by atoms with Crippen molar-refractivity contribution in [2.75, 3.05) is 0 Å². The van der Waals surface area contributed by atoms with Crippen LogP contribution in [0.5, 0.6) is 0 Å². The zero-order chi connectivity index (χ0) is 22.6. The normalized spacial score (nSPS) is 13.8. The number of rotatable bonds is 4. The van der Waals surface area contributed by atoms with Crippen LogP contribution in [0, 0.1) is 6.92 Å². The Labute approximate surface area is 194 Å². The van der Waals surface area contributed by atoms with E-state index in [4.69, 9.17) is 9.98 Å².